The highest BCUT2D eigenvalue weighted by atomic mass is 35.5. The number of rotatable bonds is 5. The van der Waals surface area contributed by atoms with Crippen LogP contribution >= 0.6 is 23.2 Å². The summed E-state index contributed by atoms with van der Waals surface area (Å²) in [6.45, 7) is -0.00326. The summed E-state index contributed by atoms with van der Waals surface area (Å²) in [5, 5.41) is 0.853. The Hall–Kier alpha value is -3.08. The van der Waals surface area contributed by atoms with Crippen molar-refractivity contribution in [1.82, 2.24) is 0 Å². The molecule has 0 unspecified atom stereocenters. The summed E-state index contributed by atoms with van der Waals surface area (Å²) in [7, 11) is 0. The number of hydrogen-bond donors (Lipinski definition) is 0. The normalized spacial score (nSPS) is 14.1. The van der Waals surface area contributed by atoms with Crippen molar-refractivity contribution in [2.45, 2.75) is 6.61 Å². The Morgan fingerprint density at radius 3 is 2.43 bits per heavy atom. The fourth-order valence-electron chi connectivity index (χ4n) is 3.28. The second-order valence-electron chi connectivity index (χ2n) is 6.79. The van der Waals surface area contributed by atoms with E-state index in [9.17, 15) is 9.59 Å². The van der Waals surface area contributed by atoms with E-state index in [0.29, 0.717) is 21.3 Å². The van der Waals surface area contributed by atoms with Crippen LogP contribution in [-0.4, -0.2) is 18.4 Å². The van der Waals surface area contributed by atoms with Gasteiger partial charge < -0.3 is 4.74 Å². The van der Waals surface area contributed by atoms with Gasteiger partial charge in [-0.05, 0) is 35.4 Å². The molecular weight excluding hydrogens is 421 g/mol. The minimum Gasteiger partial charge on any atom is -0.459 e. The van der Waals surface area contributed by atoms with Gasteiger partial charge in [-0.1, -0.05) is 77.8 Å². The molecule has 0 spiro atoms. The largest absolute Gasteiger partial charge is 0.459 e. The van der Waals surface area contributed by atoms with Gasteiger partial charge in [0.15, 0.2) is 0 Å². The van der Waals surface area contributed by atoms with Crippen molar-refractivity contribution in [3.8, 4) is 0 Å². The lowest BCUT2D eigenvalue weighted by Crippen LogP contribution is -2.33. The van der Waals surface area contributed by atoms with Crippen LogP contribution < -0.4 is 4.90 Å². The first-order valence-electron chi connectivity index (χ1n) is 9.30. The molecular formula is C24H17Cl2NO3. The van der Waals surface area contributed by atoms with Crippen LogP contribution in [0, 0.1) is 0 Å². The second-order valence-corrected chi connectivity index (χ2v) is 7.60. The number of carbonyl (C=O) groups is 2. The molecule has 0 fully saturated rings. The monoisotopic (exact) mass is 437 g/mol. The second kappa shape index (κ2) is 8.74. The maximum absolute atomic E-state index is 13.1. The molecule has 1 aliphatic heterocycles. The van der Waals surface area contributed by atoms with Crippen LogP contribution in [0.5, 0.6) is 0 Å². The zero-order valence-electron chi connectivity index (χ0n) is 15.8. The average molecular weight is 438 g/mol. The molecule has 150 valence electrons. The van der Waals surface area contributed by atoms with Crippen LogP contribution in [0.3, 0.4) is 0 Å². The van der Waals surface area contributed by atoms with Crippen molar-refractivity contribution < 1.29 is 14.3 Å². The molecule has 1 heterocycles. The molecule has 30 heavy (non-hydrogen) atoms. The van der Waals surface area contributed by atoms with Gasteiger partial charge in [0.05, 0.1) is 15.7 Å². The Labute approximate surface area is 184 Å². The molecule has 0 atom stereocenters. The third-order valence-corrected chi connectivity index (χ3v) is 5.48. The molecule has 0 saturated heterocycles. The van der Waals surface area contributed by atoms with E-state index in [1.807, 2.05) is 54.6 Å². The van der Waals surface area contributed by atoms with Gasteiger partial charge in [0, 0.05) is 11.1 Å². The Kier molecular flexibility index (Phi) is 5.88. The van der Waals surface area contributed by atoms with Crippen LogP contribution in [0.25, 0.3) is 11.6 Å². The van der Waals surface area contributed by atoms with Crippen LogP contribution in [0.1, 0.15) is 16.7 Å². The Morgan fingerprint density at radius 2 is 1.67 bits per heavy atom. The number of hydrogen-bond acceptors (Lipinski definition) is 3. The van der Waals surface area contributed by atoms with E-state index in [1.165, 1.54) is 4.90 Å². The highest BCUT2D eigenvalue weighted by Crippen LogP contribution is 2.38. The molecule has 6 heteroatoms. The predicted octanol–water partition coefficient (Wildman–Crippen LogP) is 5.62. The van der Waals surface area contributed by atoms with Crippen LogP contribution in [0.15, 0.2) is 72.8 Å². The van der Waals surface area contributed by atoms with Gasteiger partial charge in [-0.15, -0.1) is 0 Å². The van der Waals surface area contributed by atoms with Crippen molar-refractivity contribution in [2.75, 3.05) is 11.4 Å². The van der Waals surface area contributed by atoms with Crippen molar-refractivity contribution in [3.63, 3.8) is 0 Å². The lowest BCUT2D eigenvalue weighted by Gasteiger charge is -2.16. The molecule has 3 aromatic rings. The number of amides is 1. The minimum absolute atomic E-state index is 0.162. The van der Waals surface area contributed by atoms with Crippen molar-refractivity contribution in [3.05, 3.63) is 99.5 Å². The van der Waals surface area contributed by atoms with Gasteiger partial charge in [0.25, 0.3) is 5.91 Å². The van der Waals surface area contributed by atoms with E-state index in [4.69, 9.17) is 27.9 Å². The zero-order chi connectivity index (χ0) is 21.1. The summed E-state index contributed by atoms with van der Waals surface area (Å²) in [5.74, 6) is -0.739. The van der Waals surface area contributed by atoms with Crippen molar-refractivity contribution >= 4 is 52.4 Å². The molecule has 0 radical (unpaired) electrons. The maximum atomic E-state index is 13.1. The minimum atomic E-state index is -0.474. The fraction of sp³-hybridized carbons (Fsp3) is 0.0833. The van der Waals surface area contributed by atoms with E-state index in [-0.39, 0.29) is 19.1 Å². The number of para-hydroxylation sites is 1. The van der Waals surface area contributed by atoms with Crippen LogP contribution in [-0.2, 0) is 20.9 Å². The zero-order valence-corrected chi connectivity index (χ0v) is 17.4. The van der Waals surface area contributed by atoms with Crippen molar-refractivity contribution in [2.24, 2.45) is 0 Å². The summed E-state index contributed by atoms with van der Waals surface area (Å²) in [6, 6.07) is 21.9. The molecule has 0 aromatic heterocycles. The number of ether oxygens (including phenoxy) is 1. The number of nitrogens with zero attached hydrogens (tertiary/aromatic N) is 1. The summed E-state index contributed by atoms with van der Waals surface area (Å²) in [4.78, 5) is 27.0. The van der Waals surface area contributed by atoms with Gasteiger partial charge in [-0.25, -0.2) is 0 Å². The van der Waals surface area contributed by atoms with E-state index in [2.05, 4.69) is 0 Å². The Balaban J connectivity index is 1.56. The van der Waals surface area contributed by atoms with E-state index < -0.39 is 5.97 Å². The quantitative estimate of drug-likeness (QED) is 0.384. The number of benzene rings is 3. The maximum Gasteiger partial charge on any atom is 0.326 e. The average Bonchev–Trinajstić information content (AvgIpc) is 3.01. The first-order chi connectivity index (χ1) is 14.5. The Morgan fingerprint density at radius 1 is 0.933 bits per heavy atom. The standard InChI is InChI=1S/C24H17Cl2NO3/c25-20-11-10-17(13-21(20)26)12-19-18-8-4-5-9-22(18)27(24(19)29)14-23(28)30-15-16-6-2-1-3-7-16/h1-13H,14-15H2/b19-12+. The molecule has 0 aliphatic carbocycles. The summed E-state index contributed by atoms with van der Waals surface area (Å²) >= 11 is 12.1. The van der Waals surface area contributed by atoms with E-state index in [1.54, 1.807) is 24.3 Å². The lowest BCUT2D eigenvalue weighted by molar-refractivity contribution is -0.143. The lowest BCUT2D eigenvalue weighted by atomic mass is 10.0. The third kappa shape index (κ3) is 4.25. The summed E-state index contributed by atoms with van der Waals surface area (Å²) in [6.07, 6.45) is 1.75. The SMILES string of the molecule is O=C(CN1C(=O)/C(=C/c2ccc(Cl)c(Cl)c2)c2ccccc21)OCc1ccccc1. The van der Waals surface area contributed by atoms with E-state index >= 15 is 0 Å². The predicted molar refractivity (Wildman–Crippen MR) is 119 cm³/mol. The fourth-order valence-corrected chi connectivity index (χ4v) is 3.59. The van der Waals surface area contributed by atoms with Crippen LogP contribution in [0.4, 0.5) is 5.69 Å². The molecule has 4 nitrogen and oxygen atoms in total. The smallest absolute Gasteiger partial charge is 0.326 e. The molecule has 0 N–H and O–H groups in total. The molecule has 1 amide bonds. The van der Waals surface area contributed by atoms with Crippen molar-refractivity contribution in [1.29, 1.82) is 0 Å². The number of carbonyl (C=O) groups excluding carboxylic acids is 2. The molecule has 0 saturated carbocycles. The molecule has 3 aromatic carbocycles. The van der Waals surface area contributed by atoms with Gasteiger partial charge in [-0.3, -0.25) is 14.5 Å². The van der Waals surface area contributed by atoms with Gasteiger partial charge in [0.1, 0.15) is 13.2 Å². The van der Waals surface area contributed by atoms with Gasteiger partial charge in [-0.2, -0.15) is 0 Å². The molecule has 0 bridgehead atoms. The number of anilines is 1. The number of halogens is 2. The first kappa shape index (κ1) is 20.2. The molecule has 4 rings (SSSR count). The van der Waals surface area contributed by atoms with Gasteiger partial charge >= 0.3 is 5.97 Å². The van der Waals surface area contributed by atoms with E-state index in [0.717, 1.165) is 16.7 Å². The highest BCUT2D eigenvalue weighted by molar-refractivity contribution is 6.42. The summed E-state index contributed by atoms with van der Waals surface area (Å²) < 4.78 is 5.35. The first-order valence-corrected chi connectivity index (χ1v) is 10.1. The topological polar surface area (TPSA) is 46.6 Å². The van der Waals surface area contributed by atoms with Crippen LogP contribution in [0.2, 0.25) is 10.0 Å². The molecule has 1 aliphatic rings. The number of fused-ring (bicyclic) bond motifs is 1. The third-order valence-electron chi connectivity index (χ3n) is 4.75. The van der Waals surface area contributed by atoms with Gasteiger partial charge in [0.2, 0.25) is 0 Å². The Bertz CT molecular complexity index is 1140. The summed E-state index contributed by atoms with van der Waals surface area (Å²) in [5.41, 5.74) is 3.55. The number of esters is 1. The highest BCUT2D eigenvalue weighted by Gasteiger charge is 2.33.